The van der Waals surface area contributed by atoms with Crippen LogP contribution in [0.2, 0.25) is 0 Å². The highest BCUT2D eigenvalue weighted by Gasteiger charge is 2.56. The summed E-state index contributed by atoms with van der Waals surface area (Å²) in [5.74, 6) is 0.906. The van der Waals surface area contributed by atoms with Crippen molar-refractivity contribution in [2.75, 3.05) is 20.2 Å². The molecule has 3 heterocycles. The van der Waals surface area contributed by atoms with Crippen molar-refractivity contribution >= 4 is 45.3 Å². The molecule has 1 aliphatic heterocycles. The zero-order valence-corrected chi connectivity index (χ0v) is 18.5. The maximum Gasteiger partial charge on any atom is 0.120 e. The van der Waals surface area contributed by atoms with E-state index in [0.29, 0.717) is 11.5 Å². The summed E-state index contributed by atoms with van der Waals surface area (Å²) in [7, 11) is 1.72. The molecule has 0 amide bonds. The van der Waals surface area contributed by atoms with Crippen LogP contribution in [0.1, 0.15) is 29.8 Å². The van der Waals surface area contributed by atoms with Gasteiger partial charge in [0, 0.05) is 12.6 Å². The van der Waals surface area contributed by atoms with E-state index in [1.54, 1.807) is 29.8 Å². The summed E-state index contributed by atoms with van der Waals surface area (Å²) in [4.78, 5) is 7.60. The second-order valence-electron chi connectivity index (χ2n) is 7.81. The van der Waals surface area contributed by atoms with Gasteiger partial charge in [0.1, 0.15) is 10.8 Å². The molecular weight excluding hydrogens is 410 g/mol. The number of piperidine rings is 1. The first-order chi connectivity index (χ1) is 13.3. The van der Waals surface area contributed by atoms with E-state index in [2.05, 4.69) is 39.2 Å². The zero-order valence-electron chi connectivity index (χ0n) is 16.0. The van der Waals surface area contributed by atoms with Crippen molar-refractivity contribution in [2.24, 2.45) is 5.41 Å². The summed E-state index contributed by atoms with van der Waals surface area (Å²) in [6, 6.07) is 9.13. The summed E-state index contributed by atoms with van der Waals surface area (Å²) in [5.41, 5.74) is 3.05. The molecule has 28 heavy (non-hydrogen) atoms. The van der Waals surface area contributed by atoms with Crippen LogP contribution in [-0.2, 0) is 13.1 Å². The van der Waals surface area contributed by atoms with E-state index in [-0.39, 0.29) is 12.4 Å². The van der Waals surface area contributed by atoms with Gasteiger partial charge < -0.3 is 10.1 Å². The Morgan fingerprint density at radius 3 is 2.86 bits per heavy atom. The molecule has 4 nitrogen and oxygen atoms in total. The third kappa shape index (κ3) is 3.94. The van der Waals surface area contributed by atoms with Crippen LogP contribution in [0.25, 0.3) is 10.2 Å². The van der Waals surface area contributed by atoms with Gasteiger partial charge in [-0.25, -0.2) is 4.98 Å². The van der Waals surface area contributed by atoms with Gasteiger partial charge in [0.2, 0.25) is 0 Å². The first-order valence-corrected chi connectivity index (χ1v) is 11.4. The van der Waals surface area contributed by atoms with Gasteiger partial charge in [-0.15, -0.1) is 23.7 Å². The molecule has 1 atom stereocenters. The topological polar surface area (TPSA) is 37.4 Å². The van der Waals surface area contributed by atoms with Crippen LogP contribution < -0.4 is 10.1 Å². The fraction of sp³-hybridized carbons (Fsp3) is 0.476. The van der Waals surface area contributed by atoms with E-state index >= 15 is 0 Å². The van der Waals surface area contributed by atoms with Gasteiger partial charge in [-0.3, -0.25) is 4.90 Å². The number of benzene rings is 1. The molecule has 2 aromatic heterocycles. The van der Waals surface area contributed by atoms with Gasteiger partial charge >= 0.3 is 0 Å². The van der Waals surface area contributed by atoms with Gasteiger partial charge in [0.25, 0.3) is 0 Å². The lowest BCUT2D eigenvalue weighted by Gasteiger charge is -2.29. The molecule has 2 aliphatic rings. The molecule has 1 spiro atoms. The Labute approximate surface area is 180 Å². The quantitative estimate of drug-likeness (QED) is 0.595. The summed E-state index contributed by atoms with van der Waals surface area (Å²) < 4.78 is 6.58. The average molecular weight is 436 g/mol. The molecule has 2 fully saturated rings. The molecule has 5 rings (SSSR count). The number of fused-ring (bicyclic) bond motifs is 1. The lowest BCUT2D eigenvalue weighted by atomic mass is 9.93. The smallest absolute Gasteiger partial charge is 0.120 e. The Kier molecular flexibility index (Phi) is 5.95. The molecule has 1 saturated carbocycles. The van der Waals surface area contributed by atoms with Crippen molar-refractivity contribution in [3.8, 4) is 5.75 Å². The first kappa shape index (κ1) is 20.1. The van der Waals surface area contributed by atoms with Crippen LogP contribution >= 0.6 is 35.1 Å². The number of ether oxygens (including phenoxy) is 1. The predicted molar refractivity (Wildman–Crippen MR) is 120 cm³/mol. The van der Waals surface area contributed by atoms with Gasteiger partial charge in [0.15, 0.2) is 0 Å². The minimum Gasteiger partial charge on any atom is -0.497 e. The highest BCUT2D eigenvalue weighted by atomic mass is 35.5. The third-order valence-electron chi connectivity index (χ3n) is 6.13. The maximum absolute atomic E-state index is 5.37. The third-order valence-corrected chi connectivity index (χ3v) is 7.87. The highest BCUT2D eigenvalue weighted by Crippen LogP contribution is 2.56. The van der Waals surface area contributed by atoms with Crippen LogP contribution in [0, 0.1) is 5.41 Å². The number of nitrogens with one attached hydrogen (secondary N) is 1. The molecule has 1 aromatic carbocycles. The number of halogens is 1. The van der Waals surface area contributed by atoms with Crippen molar-refractivity contribution in [2.45, 2.75) is 38.4 Å². The fourth-order valence-electron chi connectivity index (χ4n) is 4.52. The van der Waals surface area contributed by atoms with Gasteiger partial charge in [-0.05, 0) is 78.4 Å². The summed E-state index contributed by atoms with van der Waals surface area (Å²) >= 11 is 3.60. The van der Waals surface area contributed by atoms with E-state index in [0.717, 1.165) is 24.4 Å². The molecule has 1 aliphatic carbocycles. The second-order valence-corrected chi connectivity index (χ2v) is 9.71. The lowest BCUT2D eigenvalue weighted by molar-refractivity contribution is 0.188. The monoisotopic (exact) mass is 435 g/mol. The number of thiophene rings is 1. The van der Waals surface area contributed by atoms with Crippen LogP contribution in [-0.4, -0.2) is 36.1 Å². The van der Waals surface area contributed by atoms with Gasteiger partial charge in [-0.1, -0.05) is 0 Å². The number of nitrogens with zero attached hydrogens (tertiary/aromatic N) is 2. The second kappa shape index (κ2) is 8.28. The van der Waals surface area contributed by atoms with Crippen molar-refractivity contribution in [1.29, 1.82) is 0 Å². The van der Waals surface area contributed by atoms with Crippen molar-refractivity contribution in [1.82, 2.24) is 15.2 Å². The van der Waals surface area contributed by atoms with E-state index in [4.69, 9.17) is 9.72 Å². The number of methoxy groups -OCH3 is 1. The van der Waals surface area contributed by atoms with Crippen LogP contribution in [0.4, 0.5) is 0 Å². The number of aromatic nitrogens is 1. The van der Waals surface area contributed by atoms with Crippen molar-refractivity contribution in [3.63, 3.8) is 0 Å². The maximum atomic E-state index is 5.37. The van der Waals surface area contributed by atoms with E-state index in [9.17, 15) is 0 Å². The Balaban J connectivity index is 0.00000192. The van der Waals surface area contributed by atoms with Crippen LogP contribution in [0.15, 0.2) is 35.0 Å². The molecule has 3 aromatic rings. The molecule has 0 radical (unpaired) electrons. The molecular formula is C21H26ClN3OS2. The Morgan fingerprint density at radius 1 is 1.25 bits per heavy atom. The average Bonchev–Trinajstić information content (AvgIpc) is 3.05. The number of thiazole rings is 1. The Bertz CT molecular complexity index is 921. The highest BCUT2D eigenvalue weighted by molar-refractivity contribution is 7.18. The van der Waals surface area contributed by atoms with E-state index in [1.165, 1.54) is 47.6 Å². The normalized spacial score (nSPS) is 20.4. The van der Waals surface area contributed by atoms with E-state index in [1.807, 2.05) is 6.07 Å². The van der Waals surface area contributed by atoms with E-state index < -0.39 is 0 Å². The largest absolute Gasteiger partial charge is 0.497 e. The fourth-order valence-corrected chi connectivity index (χ4v) is 6.20. The summed E-state index contributed by atoms with van der Waals surface area (Å²) in [6.45, 7) is 4.31. The molecule has 1 unspecified atom stereocenters. The van der Waals surface area contributed by atoms with Crippen molar-refractivity contribution in [3.05, 3.63) is 45.6 Å². The SMILES string of the molecule is COc1ccc2nc(CN(Cc3ccsc3)C3CC34CCNCC4)sc2c1.Cl. The minimum atomic E-state index is 0. The lowest BCUT2D eigenvalue weighted by Crippen LogP contribution is -2.35. The van der Waals surface area contributed by atoms with Crippen LogP contribution in [0.5, 0.6) is 5.75 Å². The van der Waals surface area contributed by atoms with Gasteiger partial charge in [-0.2, -0.15) is 11.3 Å². The summed E-state index contributed by atoms with van der Waals surface area (Å²) in [5, 5.41) is 9.21. The molecule has 7 heteroatoms. The molecule has 1 N–H and O–H groups in total. The number of hydrogen-bond acceptors (Lipinski definition) is 6. The minimum absolute atomic E-state index is 0. The molecule has 1 saturated heterocycles. The first-order valence-electron chi connectivity index (χ1n) is 9.65. The summed E-state index contributed by atoms with van der Waals surface area (Å²) in [6.07, 6.45) is 3.97. The van der Waals surface area contributed by atoms with Crippen molar-refractivity contribution < 1.29 is 4.74 Å². The van der Waals surface area contributed by atoms with Crippen LogP contribution in [0.3, 0.4) is 0 Å². The molecule has 0 bridgehead atoms. The number of rotatable bonds is 6. The molecule has 150 valence electrons. The predicted octanol–water partition coefficient (Wildman–Crippen LogP) is 4.93. The Hall–Kier alpha value is -1.18. The zero-order chi connectivity index (χ0) is 18.3. The standard InChI is InChI=1S/C21H25N3OS2.ClH/c1-25-16-2-3-17-18(10-16)27-20(23-17)13-24(12-15-4-9-26-14-15)19-11-21(19)5-7-22-8-6-21;/h2-4,9-10,14,19,22H,5-8,11-13H2,1H3;1H. The Morgan fingerprint density at radius 2 is 2.11 bits per heavy atom. The van der Waals surface area contributed by atoms with Gasteiger partial charge in [0.05, 0.1) is 23.9 Å². The number of hydrogen-bond donors (Lipinski definition) is 1.